The molecule has 2 unspecified atom stereocenters. The molecule has 0 aromatic carbocycles. The van der Waals surface area contributed by atoms with Gasteiger partial charge in [0.25, 0.3) is 0 Å². The summed E-state index contributed by atoms with van der Waals surface area (Å²) in [4.78, 5) is 40.6. The molecule has 2 atom stereocenters. The average Bonchev–Trinajstić information content (AvgIpc) is 3.59. The Labute approximate surface area is 306 Å². The smallest absolute Gasteiger partial charge is 0.303 e. The molecule has 2 aliphatic rings. The van der Waals surface area contributed by atoms with Gasteiger partial charge in [-0.1, -0.05) is 31.9 Å². The van der Waals surface area contributed by atoms with Gasteiger partial charge in [0.15, 0.2) is 0 Å². The maximum Gasteiger partial charge on any atom is 0.303 e. The van der Waals surface area contributed by atoms with Crippen LogP contribution in [0.25, 0.3) is 44.4 Å². The number of fused-ring (bicyclic) bond motifs is 8. The zero-order valence-corrected chi connectivity index (χ0v) is 33.1. The number of aromatic amines is 2. The van der Waals surface area contributed by atoms with E-state index in [0.29, 0.717) is 18.5 Å². The van der Waals surface area contributed by atoms with Crippen molar-refractivity contribution in [1.82, 2.24) is 19.9 Å². The number of halogens is 4. The lowest BCUT2D eigenvalue weighted by Gasteiger charge is -2.06. The van der Waals surface area contributed by atoms with Crippen molar-refractivity contribution in [3.05, 3.63) is 69.3 Å². The second-order valence-electron chi connectivity index (χ2n) is 11.6. The maximum atomic E-state index is 11.6. The van der Waals surface area contributed by atoms with Crippen LogP contribution in [0.1, 0.15) is 96.8 Å². The van der Waals surface area contributed by atoms with E-state index in [0.717, 1.165) is 83.7 Å². The number of allylic oxidation sites excluding steroid dienone is 4. The summed E-state index contributed by atoms with van der Waals surface area (Å²) in [5.41, 5.74) is 14.7. The number of hydrogen-bond acceptors (Lipinski definition) is 4. The zero-order valence-electron chi connectivity index (χ0n) is 26.5. The van der Waals surface area contributed by atoms with Crippen molar-refractivity contribution in [2.24, 2.45) is 0 Å². The van der Waals surface area contributed by atoms with Crippen LogP contribution >= 0.6 is 65.8 Å². The lowest BCUT2D eigenvalue weighted by atomic mass is 10.00. The van der Waals surface area contributed by atoms with E-state index in [9.17, 15) is 19.8 Å². The minimum absolute atomic E-state index is 0. The Kier molecular flexibility index (Phi) is 12.5. The predicted octanol–water partition coefficient (Wildman–Crippen LogP) is 10.1. The molecule has 3 aromatic rings. The Balaban J connectivity index is 0.00000288. The van der Waals surface area contributed by atoms with E-state index in [4.69, 9.17) is 9.97 Å². The number of carboxylic acid groups (broad SMARTS) is 2. The van der Waals surface area contributed by atoms with Crippen LogP contribution < -0.4 is 0 Å². The molecule has 5 heterocycles. The largest absolute Gasteiger partial charge is 0.481 e. The lowest BCUT2D eigenvalue weighted by Crippen LogP contribution is -1.98. The van der Waals surface area contributed by atoms with Crippen molar-refractivity contribution < 1.29 is 19.8 Å². The first kappa shape index (κ1) is 37.9. The summed E-state index contributed by atoms with van der Waals surface area (Å²) in [5, 5.41) is 19.0. The van der Waals surface area contributed by atoms with Gasteiger partial charge in [-0.2, -0.15) is 0 Å². The van der Waals surface area contributed by atoms with Gasteiger partial charge in [-0.05, 0) is 123 Å². The number of aliphatic carboxylic acids is 2. The molecule has 8 bridgehead atoms. The number of aryl methyl sites for hydroxylation is 3. The fraction of sp³-hybridized carbons (Fsp3) is 0.353. The molecule has 0 fully saturated rings. The van der Waals surface area contributed by atoms with Gasteiger partial charge in [-0.15, -0.1) is 34.0 Å². The third-order valence-electron chi connectivity index (χ3n) is 8.61. The van der Waals surface area contributed by atoms with E-state index in [1.54, 1.807) is 0 Å². The van der Waals surface area contributed by atoms with Crippen LogP contribution in [-0.4, -0.2) is 46.9 Å². The number of carboxylic acids is 2. The molecule has 3 aromatic heterocycles. The highest BCUT2D eigenvalue weighted by Gasteiger charge is 2.23. The summed E-state index contributed by atoms with van der Waals surface area (Å²) < 4.78 is 0. The summed E-state index contributed by atoms with van der Waals surface area (Å²) in [6.07, 6.45) is 0.628. The van der Waals surface area contributed by atoms with E-state index in [1.807, 2.05) is 32.0 Å². The van der Waals surface area contributed by atoms with Crippen LogP contribution in [0.3, 0.4) is 0 Å². The topological polar surface area (TPSA) is 132 Å². The van der Waals surface area contributed by atoms with Crippen LogP contribution in [0, 0.1) is 13.8 Å². The molecular formula is C34H38Br4N4O4. The van der Waals surface area contributed by atoms with Crippen molar-refractivity contribution in [3.8, 4) is 0 Å². The second-order valence-corrected chi connectivity index (χ2v) is 14.3. The van der Waals surface area contributed by atoms with Gasteiger partial charge in [-0.25, -0.2) is 9.97 Å². The average molecular weight is 886 g/mol. The number of nitrogens with zero attached hydrogens (tertiary/aromatic N) is 2. The minimum Gasteiger partial charge on any atom is -0.481 e. The summed E-state index contributed by atoms with van der Waals surface area (Å²) >= 11 is 7.59. The van der Waals surface area contributed by atoms with Crippen molar-refractivity contribution in [2.45, 2.75) is 76.9 Å². The van der Waals surface area contributed by atoms with Crippen molar-refractivity contribution in [2.75, 3.05) is 0 Å². The highest BCUT2D eigenvalue weighted by Crippen LogP contribution is 2.39. The Morgan fingerprint density at radius 3 is 1.80 bits per heavy atom. The van der Waals surface area contributed by atoms with Crippen LogP contribution in [0.5, 0.6) is 0 Å². The second kappa shape index (κ2) is 15.1. The maximum absolute atomic E-state index is 11.6. The van der Waals surface area contributed by atoms with Crippen LogP contribution in [0.4, 0.5) is 0 Å². The van der Waals surface area contributed by atoms with Gasteiger partial charge in [0.1, 0.15) is 0 Å². The fourth-order valence-corrected chi connectivity index (χ4v) is 7.43. The first-order valence-electron chi connectivity index (χ1n) is 14.6. The number of H-pyrrole nitrogens is 2. The Morgan fingerprint density at radius 1 is 0.696 bits per heavy atom. The summed E-state index contributed by atoms with van der Waals surface area (Å²) in [7, 11) is 0. The van der Waals surface area contributed by atoms with Crippen LogP contribution in [0.2, 0.25) is 0 Å². The normalized spacial score (nSPS) is 14.1. The van der Waals surface area contributed by atoms with Gasteiger partial charge < -0.3 is 20.2 Å². The number of carbonyl (C=O) groups is 2. The van der Waals surface area contributed by atoms with E-state index in [-0.39, 0.29) is 56.5 Å². The summed E-state index contributed by atoms with van der Waals surface area (Å²) in [6.45, 7) is 12.3. The van der Waals surface area contributed by atoms with Crippen LogP contribution in [-0.2, 0) is 16.0 Å². The van der Waals surface area contributed by atoms with Gasteiger partial charge in [0.05, 0.1) is 22.8 Å². The van der Waals surface area contributed by atoms with Gasteiger partial charge in [-0.3, -0.25) is 9.59 Å². The molecule has 0 amide bonds. The Morgan fingerprint density at radius 2 is 1.20 bits per heavy atom. The van der Waals surface area contributed by atoms with E-state index in [2.05, 4.69) is 75.6 Å². The monoisotopic (exact) mass is 882 g/mol. The van der Waals surface area contributed by atoms with Gasteiger partial charge >= 0.3 is 11.9 Å². The van der Waals surface area contributed by atoms with Crippen molar-refractivity contribution in [3.63, 3.8) is 0 Å². The molecule has 2 aliphatic heterocycles. The molecule has 0 saturated heterocycles. The van der Waals surface area contributed by atoms with Crippen molar-refractivity contribution >= 4 is 122 Å². The third-order valence-corrected chi connectivity index (χ3v) is 9.52. The molecule has 46 heavy (non-hydrogen) atoms. The molecule has 8 nitrogen and oxygen atoms in total. The number of alkyl halides is 2. The predicted molar refractivity (Wildman–Crippen MR) is 205 cm³/mol. The molecule has 0 saturated carbocycles. The Hall–Kier alpha value is -2.54. The molecule has 0 radical (unpaired) electrons. The van der Waals surface area contributed by atoms with Gasteiger partial charge in [0, 0.05) is 44.6 Å². The summed E-state index contributed by atoms with van der Waals surface area (Å²) in [5.74, 6) is -1.75. The molecule has 0 spiro atoms. The standard InChI is InChI=1S/C34H36Br2N4O4.2BrH/c1-15-21(7-9-31(41)42)27-14-28-22(8-10-32(43)44)16(2)24(38-28)12-29-34(20(6)36)18(4)26(40-29)13-30-33(19(5)35)17(3)25(39-30)11-23(15)37-27;;/h11-14,19-20,38-39H,7-10H2,1-6H3,(H,41,42)(H,43,44);2*1H. The molecule has 0 aliphatic carbocycles. The molecule has 5 rings (SSSR count). The van der Waals surface area contributed by atoms with Crippen molar-refractivity contribution in [1.29, 1.82) is 0 Å². The van der Waals surface area contributed by atoms with E-state index < -0.39 is 11.9 Å². The number of rotatable bonds is 8. The zero-order chi connectivity index (χ0) is 32.0. The number of hydrogen-bond donors (Lipinski definition) is 4. The Bertz CT molecular complexity index is 1940. The van der Waals surface area contributed by atoms with Gasteiger partial charge in [0.2, 0.25) is 0 Å². The SMILES string of the molecule is Br.Br.CC1=C(CCC(=O)O)c2cc3[nH]c(cc4nc(cc5[nH]c(cc1n2)c(C)c5C(C)Br)C(C)=C4C(C)Br)c(C)c3CCC(=O)O. The first-order chi connectivity index (χ1) is 20.8. The molecular weight excluding hydrogens is 848 g/mol. The molecule has 12 heteroatoms. The molecule has 4 N–H and O–H groups in total. The van der Waals surface area contributed by atoms with Crippen LogP contribution in [0.15, 0.2) is 24.3 Å². The highest BCUT2D eigenvalue weighted by atomic mass is 79.9. The third kappa shape index (κ3) is 7.45. The fourth-order valence-electron chi connectivity index (χ4n) is 6.26. The lowest BCUT2D eigenvalue weighted by molar-refractivity contribution is -0.137. The first-order valence-corrected chi connectivity index (χ1v) is 16.5. The van der Waals surface area contributed by atoms with E-state index in [1.165, 1.54) is 0 Å². The minimum atomic E-state index is -0.875. The molecule has 246 valence electrons. The quantitative estimate of drug-likeness (QED) is 0.167. The van der Waals surface area contributed by atoms with E-state index >= 15 is 0 Å². The summed E-state index contributed by atoms with van der Waals surface area (Å²) in [6, 6.07) is 8.10. The number of nitrogens with one attached hydrogen (secondary N) is 2. The highest BCUT2D eigenvalue weighted by molar-refractivity contribution is 9.09. The number of aromatic nitrogens is 4.